The maximum Gasteiger partial charge on any atom is 0.322 e. The Hall–Kier alpha value is -2.69. The zero-order valence-electron chi connectivity index (χ0n) is 16.6. The Bertz CT molecular complexity index is 997. The summed E-state index contributed by atoms with van der Waals surface area (Å²) >= 11 is 5.78. The van der Waals surface area contributed by atoms with Gasteiger partial charge in [0.15, 0.2) is 0 Å². The van der Waals surface area contributed by atoms with Crippen molar-refractivity contribution < 1.29 is 18.8 Å². The third-order valence-electron chi connectivity index (χ3n) is 5.16. The number of carbonyl (C=O) groups is 2. The number of hydrogen-bond acceptors (Lipinski definition) is 5. The Morgan fingerprint density at radius 2 is 2.23 bits per heavy atom. The van der Waals surface area contributed by atoms with Gasteiger partial charge in [-0.05, 0) is 25.2 Å². The molecule has 4 rings (SSSR count). The number of aromatic nitrogens is 2. The Morgan fingerprint density at radius 3 is 2.97 bits per heavy atom. The van der Waals surface area contributed by atoms with Gasteiger partial charge >= 0.3 is 6.03 Å². The summed E-state index contributed by atoms with van der Waals surface area (Å²) in [6, 6.07) is 3.63. The van der Waals surface area contributed by atoms with Crippen LogP contribution in [0.3, 0.4) is 0 Å². The molecular formula is C19H22ClFN6O3. The average molecular weight is 437 g/mol. The van der Waals surface area contributed by atoms with E-state index in [2.05, 4.69) is 15.7 Å². The monoisotopic (exact) mass is 436 g/mol. The number of halogens is 2. The molecule has 0 bridgehead atoms. The van der Waals surface area contributed by atoms with E-state index in [1.807, 2.05) is 7.05 Å². The van der Waals surface area contributed by atoms with Crippen LogP contribution in [0.2, 0.25) is 5.02 Å². The molecule has 2 N–H and O–H groups in total. The Labute approximate surface area is 177 Å². The van der Waals surface area contributed by atoms with Gasteiger partial charge in [-0.2, -0.15) is 5.10 Å². The number of hydroxylamine groups is 2. The Morgan fingerprint density at radius 1 is 1.43 bits per heavy atom. The first-order chi connectivity index (χ1) is 14.4. The average Bonchev–Trinajstić information content (AvgIpc) is 3.01. The first-order valence-corrected chi connectivity index (χ1v) is 9.94. The fraction of sp³-hybridized carbons (Fsp3) is 0.421. The number of benzene rings is 1. The van der Waals surface area contributed by atoms with E-state index in [0.29, 0.717) is 37.4 Å². The van der Waals surface area contributed by atoms with E-state index in [4.69, 9.17) is 16.4 Å². The molecule has 1 aromatic carbocycles. The highest BCUT2D eigenvalue weighted by atomic mass is 35.5. The lowest BCUT2D eigenvalue weighted by molar-refractivity contribution is -0.146. The zero-order valence-corrected chi connectivity index (χ0v) is 17.4. The van der Waals surface area contributed by atoms with Crippen LogP contribution in [0.15, 0.2) is 18.2 Å². The van der Waals surface area contributed by atoms with Crippen LogP contribution >= 0.6 is 11.6 Å². The van der Waals surface area contributed by atoms with Crippen molar-refractivity contribution in [1.29, 1.82) is 0 Å². The topological polar surface area (TPSA) is 91.7 Å². The number of rotatable bonds is 3. The summed E-state index contributed by atoms with van der Waals surface area (Å²) in [5.74, 6) is -0.851. The predicted molar refractivity (Wildman–Crippen MR) is 108 cm³/mol. The van der Waals surface area contributed by atoms with Gasteiger partial charge in [0, 0.05) is 37.8 Å². The molecule has 0 saturated carbocycles. The lowest BCUT2D eigenvalue weighted by atomic mass is 10.1. The highest BCUT2D eigenvalue weighted by Crippen LogP contribution is 2.27. The second-order valence-corrected chi connectivity index (χ2v) is 7.68. The van der Waals surface area contributed by atoms with Crippen molar-refractivity contribution in [3.8, 4) is 0 Å². The van der Waals surface area contributed by atoms with Gasteiger partial charge in [0.1, 0.15) is 17.6 Å². The van der Waals surface area contributed by atoms with Crippen molar-refractivity contribution in [2.24, 2.45) is 0 Å². The molecule has 2 aliphatic heterocycles. The fourth-order valence-electron chi connectivity index (χ4n) is 3.72. The van der Waals surface area contributed by atoms with Gasteiger partial charge in [0.05, 0.1) is 23.8 Å². The lowest BCUT2D eigenvalue weighted by Gasteiger charge is -2.27. The van der Waals surface area contributed by atoms with E-state index in [1.54, 1.807) is 16.6 Å². The van der Waals surface area contributed by atoms with Crippen LogP contribution in [0.25, 0.3) is 0 Å². The number of fused-ring (bicyclic) bond motifs is 3. The number of carbonyl (C=O) groups excluding carboxylic acids is 2. The molecule has 3 amide bonds. The van der Waals surface area contributed by atoms with Gasteiger partial charge in [-0.15, -0.1) is 0 Å². The number of urea groups is 1. The molecule has 2 aromatic rings. The maximum atomic E-state index is 13.3. The third kappa shape index (κ3) is 3.85. The molecule has 30 heavy (non-hydrogen) atoms. The number of amides is 3. The Kier molecular flexibility index (Phi) is 5.63. The van der Waals surface area contributed by atoms with Crippen LogP contribution in [0.4, 0.5) is 14.9 Å². The summed E-state index contributed by atoms with van der Waals surface area (Å²) in [5, 5.41) is 11.5. The Balaban J connectivity index is 1.56. The summed E-state index contributed by atoms with van der Waals surface area (Å²) in [5.41, 5.74) is 2.36. The largest absolute Gasteiger partial charge is 0.322 e. The number of nitrogens with one attached hydrogen (secondary N) is 2. The van der Waals surface area contributed by atoms with Gasteiger partial charge in [0.2, 0.25) is 0 Å². The summed E-state index contributed by atoms with van der Waals surface area (Å²) < 4.78 is 15.0. The van der Waals surface area contributed by atoms with Gasteiger partial charge < -0.3 is 15.5 Å². The third-order valence-corrected chi connectivity index (χ3v) is 5.45. The van der Waals surface area contributed by atoms with E-state index in [1.165, 1.54) is 23.3 Å². The van der Waals surface area contributed by atoms with Crippen LogP contribution in [0.1, 0.15) is 21.7 Å². The van der Waals surface area contributed by atoms with E-state index >= 15 is 0 Å². The molecule has 0 aliphatic carbocycles. The van der Waals surface area contributed by atoms with E-state index in [9.17, 15) is 14.0 Å². The first-order valence-electron chi connectivity index (χ1n) is 9.56. The molecule has 1 aromatic heterocycles. The van der Waals surface area contributed by atoms with Crippen LogP contribution in [0.5, 0.6) is 0 Å². The van der Waals surface area contributed by atoms with Crippen LogP contribution < -0.4 is 10.6 Å². The van der Waals surface area contributed by atoms with Crippen molar-refractivity contribution in [3.05, 3.63) is 46.0 Å². The number of nitrogens with zero attached hydrogens (tertiary/aromatic N) is 4. The molecule has 11 heteroatoms. The number of likely N-dealkylation sites (N-methyl/N-ethyl adjacent to an activating group) is 1. The van der Waals surface area contributed by atoms with Crippen molar-refractivity contribution in [2.75, 3.05) is 32.5 Å². The molecular weight excluding hydrogens is 415 g/mol. The minimum atomic E-state index is -0.554. The fourth-order valence-corrected chi connectivity index (χ4v) is 3.90. The van der Waals surface area contributed by atoms with Crippen LogP contribution in [-0.2, 0) is 24.3 Å². The summed E-state index contributed by atoms with van der Waals surface area (Å²) in [6.07, 6.45) is 0.288. The quantitative estimate of drug-likeness (QED) is 0.766. The minimum absolute atomic E-state index is 0.0690. The first kappa shape index (κ1) is 20.6. The van der Waals surface area contributed by atoms with Crippen molar-refractivity contribution in [3.63, 3.8) is 0 Å². The number of hydrogen-bond donors (Lipinski definition) is 2. The molecule has 0 saturated heterocycles. The smallest absolute Gasteiger partial charge is 0.320 e. The standard InChI is InChI=1S/C19H22ClFN6O3/c1-22-8-12-9-27-17(18(28)25(2)30-12)13-10-26(6-5-16(13)24-27)19(29)23-11-3-4-15(21)14(20)7-11/h3-4,7,12,22H,5-6,8-10H2,1-2H3,(H,23,29). The SMILES string of the molecule is CNCC1Cn2nc3c(c2C(=O)N(C)O1)CN(C(=O)Nc1ccc(F)c(Cl)c1)CC3. The van der Waals surface area contributed by atoms with Crippen LogP contribution in [0, 0.1) is 5.82 Å². The normalized spacial score (nSPS) is 18.7. The summed E-state index contributed by atoms with van der Waals surface area (Å²) in [4.78, 5) is 32.9. The van der Waals surface area contributed by atoms with Gasteiger partial charge in [0.25, 0.3) is 5.91 Å². The second kappa shape index (κ2) is 8.21. The van der Waals surface area contributed by atoms with E-state index in [0.717, 1.165) is 11.3 Å². The highest BCUT2D eigenvalue weighted by molar-refractivity contribution is 6.31. The van der Waals surface area contributed by atoms with Crippen molar-refractivity contribution >= 4 is 29.2 Å². The predicted octanol–water partition coefficient (Wildman–Crippen LogP) is 1.87. The molecule has 0 fully saturated rings. The summed E-state index contributed by atoms with van der Waals surface area (Å²) in [6.45, 7) is 1.68. The second-order valence-electron chi connectivity index (χ2n) is 7.27. The van der Waals surface area contributed by atoms with Gasteiger partial charge in [-0.3, -0.25) is 14.3 Å². The molecule has 160 valence electrons. The molecule has 3 heterocycles. The molecule has 0 radical (unpaired) electrons. The van der Waals surface area contributed by atoms with E-state index in [-0.39, 0.29) is 29.6 Å². The maximum absolute atomic E-state index is 13.3. The lowest BCUT2D eigenvalue weighted by Crippen LogP contribution is -2.40. The van der Waals surface area contributed by atoms with Gasteiger partial charge in [-0.25, -0.2) is 14.2 Å². The van der Waals surface area contributed by atoms with Gasteiger partial charge in [-0.1, -0.05) is 11.6 Å². The van der Waals surface area contributed by atoms with Crippen molar-refractivity contribution in [2.45, 2.75) is 25.6 Å². The zero-order chi connectivity index (χ0) is 21.4. The highest BCUT2D eigenvalue weighted by Gasteiger charge is 2.35. The molecule has 1 unspecified atom stereocenters. The molecule has 9 nitrogen and oxygen atoms in total. The molecule has 0 spiro atoms. The summed E-state index contributed by atoms with van der Waals surface area (Å²) in [7, 11) is 3.39. The number of anilines is 1. The van der Waals surface area contributed by atoms with Crippen LogP contribution in [-0.4, -0.2) is 65.0 Å². The van der Waals surface area contributed by atoms with Crippen molar-refractivity contribution in [1.82, 2.24) is 25.1 Å². The molecule has 1 atom stereocenters. The minimum Gasteiger partial charge on any atom is -0.320 e. The van der Waals surface area contributed by atoms with E-state index < -0.39 is 5.82 Å². The molecule has 2 aliphatic rings.